The molecule has 3 heteroatoms. The minimum Gasteiger partial charge on any atom is -0.291 e. The average Bonchev–Trinajstić information content (AvgIpc) is 3.06. The van der Waals surface area contributed by atoms with E-state index >= 15 is 0 Å². The second-order valence-electron chi connectivity index (χ2n) is 6.70. The molecule has 3 aromatic carbocycles. The van der Waals surface area contributed by atoms with Gasteiger partial charge in [0.25, 0.3) is 0 Å². The van der Waals surface area contributed by atoms with Crippen molar-refractivity contribution in [3.05, 3.63) is 107 Å². The maximum absolute atomic E-state index is 4.80. The van der Waals surface area contributed by atoms with Crippen LogP contribution in [0.5, 0.6) is 0 Å². The van der Waals surface area contributed by atoms with Crippen molar-refractivity contribution in [2.75, 3.05) is 0 Å². The highest BCUT2D eigenvalue weighted by atomic mass is 79.9. The predicted octanol–water partition coefficient (Wildman–Crippen LogP) is 6.51. The van der Waals surface area contributed by atoms with Crippen molar-refractivity contribution >= 4 is 32.3 Å². The molecule has 5 aromatic rings. The largest absolute Gasteiger partial charge is 0.291 e. The zero-order chi connectivity index (χ0) is 18.2. The van der Waals surface area contributed by atoms with Crippen LogP contribution < -0.4 is 0 Å². The highest BCUT2D eigenvalue weighted by Crippen LogP contribution is 2.30. The SMILES string of the molecule is Brc1nc(-c2ccc(Cc3ccccc3)cc2)n2c1ccc1ccccc12. The number of nitrogens with zero attached hydrogens (tertiary/aromatic N) is 2. The van der Waals surface area contributed by atoms with Gasteiger partial charge in [-0.15, -0.1) is 0 Å². The molecule has 2 nitrogen and oxygen atoms in total. The molecule has 0 aliphatic heterocycles. The van der Waals surface area contributed by atoms with Crippen molar-refractivity contribution in [1.82, 2.24) is 9.38 Å². The Morgan fingerprint density at radius 3 is 2.19 bits per heavy atom. The average molecular weight is 413 g/mol. The molecule has 0 atom stereocenters. The van der Waals surface area contributed by atoms with Gasteiger partial charge in [0.2, 0.25) is 0 Å². The standard InChI is InChI=1S/C24H17BrN2/c25-23-22-15-14-19-8-4-5-9-21(19)27(22)24(26-23)20-12-10-18(11-13-20)16-17-6-2-1-3-7-17/h1-15H,16H2. The summed E-state index contributed by atoms with van der Waals surface area (Å²) in [5.41, 5.74) is 5.98. The number of imidazole rings is 1. The van der Waals surface area contributed by atoms with E-state index in [1.807, 2.05) is 0 Å². The molecule has 27 heavy (non-hydrogen) atoms. The summed E-state index contributed by atoms with van der Waals surface area (Å²) in [6.45, 7) is 0. The molecule has 2 aromatic heterocycles. The maximum atomic E-state index is 4.80. The highest BCUT2D eigenvalue weighted by molar-refractivity contribution is 9.10. The van der Waals surface area contributed by atoms with Crippen molar-refractivity contribution < 1.29 is 0 Å². The zero-order valence-corrected chi connectivity index (χ0v) is 16.2. The lowest BCUT2D eigenvalue weighted by atomic mass is 10.0. The number of pyridine rings is 1. The summed E-state index contributed by atoms with van der Waals surface area (Å²) < 4.78 is 3.10. The summed E-state index contributed by atoms with van der Waals surface area (Å²) in [7, 11) is 0. The predicted molar refractivity (Wildman–Crippen MR) is 115 cm³/mol. The monoisotopic (exact) mass is 412 g/mol. The second-order valence-corrected chi connectivity index (χ2v) is 7.45. The molecule has 0 spiro atoms. The number of halogens is 1. The minimum atomic E-state index is 0.872. The summed E-state index contributed by atoms with van der Waals surface area (Å²) in [6, 6.07) is 32.0. The van der Waals surface area contributed by atoms with Crippen LogP contribution in [0, 0.1) is 0 Å². The number of benzene rings is 3. The van der Waals surface area contributed by atoms with Crippen LogP contribution in [0.4, 0.5) is 0 Å². The third-order valence-corrected chi connectivity index (χ3v) is 5.51. The van der Waals surface area contributed by atoms with Crippen molar-refractivity contribution in [3.63, 3.8) is 0 Å². The van der Waals surface area contributed by atoms with E-state index in [0.29, 0.717) is 0 Å². The third kappa shape index (κ3) is 2.94. The fourth-order valence-electron chi connectivity index (χ4n) is 3.59. The number of aromatic nitrogens is 2. The van der Waals surface area contributed by atoms with Crippen molar-refractivity contribution in [2.24, 2.45) is 0 Å². The van der Waals surface area contributed by atoms with Crippen molar-refractivity contribution in [2.45, 2.75) is 6.42 Å². The molecule has 0 aliphatic carbocycles. The minimum absolute atomic E-state index is 0.872. The van der Waals surface area contributed by atoms with Crippen LogP contribution in [0.3, 0.4) is 0 Å². The summed E-state index contributed by atoms with van der Waals surface area (Å²) in [4.78, 5) is 4.80. The third-order valence-electron chi connectivity index (χ3n) is 4.93. The lowest BCUT2D eigenvalue weighted by Gasteiger charge is -2.07. The number of rotatable bonds is 3. The molecule has 2 heterocycles. The number of para-hydroxylation sites is 1. The molecule has 130 valence electrons. The van der Waals surface area contributed by atoms with E-state index in [-0.39, 0.29) is 0 Å². The van der Waals surface area contributed by atoms with Crippen LogP contribution in [0.25, 0.3) is 27.8 Å². The molecule has 0 saturated heterocycles. The smallest absolute Gasteiger partial charge is 0.146 e. The van der Waals surface area contributed by atoms with Gasteiger partial charge in [-0.2, -0.15) is 0 Å². The molecule has 0 N–H and O–H groups in total. The van der Waals surface area contributed by atoms with E-state index in [0.717, 1.165) is 33.4 Å². The van der Waals surface area contributed by atoms with E-state index < -0.39 is 0 Å². The topological polar surface area (TPSA) is 17.3 Å². The molecule has 5 rings (SSSR count). The van der Waals surface area contributed by atoms with Gasteiger partial charge in [-0.05, 0) is 51.0 Å². The van der Waals surface area contributed by atoms with Crippen LogP contribution in [0.1, 0.15) is 11.1 Å². The summed E-state index contributed by atoms with van der Waals surface area (Å²) >= 11 is 3.63. The van der Waals surface area contributed by atoms with Crippen molar-refractivity contribution in [3.8, 4) is 11.4 Å². The van der Waals surface area contributed by atoms with Gasteiger partial charge in [0, 0.05) is 5.56 Å². The van der Waals surface area contributed by atoms with Crippen molar-refractivity contribution in [1.29, 1.82) is 0 Å². The molecule has 0 bridgehead atoms. The first-order valence-electron chi connectivity index (χ1n) is 8.98. The molecular weight excluding hydrogens is 396 g/mol. The lowest BCUT2D eigenvalue weighted by Crippen LogP contribution is -1.93. The Bertz CT molecular complexity index is 1240. The zero-order valence-electron chi connectivity index (χ0n) is 14.6. The first-order chi connectivity index (χ1) is 13.3. The van der Waals surface area contributed by atoms with Gasteiger partial charge in [-0.3, -0.25) is 4.40 Å². The first-order valence-corrected chi connectivity index (χ1v) is 9.78. The van der Waals surface area contributed by atoms with Crippen LogP contribution in [0.2, 0.25) is 0 Å². The first kappa shape index (κ1) is 16.3. The molecule has 0 unspecified atom stereocenters. The van der Waals surface area contributed by atoms with Gasteiger partial charge in [0.15, 0.2) is 0 Å². The van der Waals surface area contributed by atoms with Gasteiger partial charge >= 0.3 is 0 Å². The van der Waals surface area contributed by atoms with Gasteiger partial charge in [0.1, 0.15) is 10.4 Å². The van der Waals surface area contributed by atoms with E-state index in [1.165, 1.54) is 16.5 Å². The molecule has 0 fully saturated rings. The van der Waals surface area contributed by atoms with E-state index in [2.05, 4.69) is 111 Å². The Labute approximate surface area is 166 Å². The maximum Gasteiger partial charge on any atom is 0.146 e. The van der Waals surface area contributed by atoms with Crippen LogP contribution in [-0.4, -0.2) is 9.38 Å². The Hall–Kier alpha value is -2.91. The number of hydrogen-bond acceptors (Lipinski definition) is 1. The highest BCUT2D eigenvalue weighted by Gasteiger charge is 2.13. The molecule has 0 aliphatic rings. The lowest BCUT2D eigenvalue weighted by molar-refractivity contribution is 1.18. The normalized spacial score (nSPS) is 11.3. The molecular formula is C24H17BrN2. The van der Waals surface area contributed by atoms with Crippen LogP contribution >= 0.6 is 15.9 Å². The van der Waals surface area contributed by atoms with E-state index in [4.69, 9.17) is 4.98 Å². The summed E-state index contributed by atoms with van der Waals surface area (Å²) in [5.74, 6) is 0.958. The van der Waals surface area contributed by atoms with Gasteiger partial charge < -0.3 is 0 Å². The Morgan fingerprint density at radius 1 is 0.667 bits per heavy atom. The van der Waals surface area contributed by atoms with E-state index in [9.17, 15) is 0 Å². The second kappa shape index (κ2) is 6.67. The van der Waals surface area contributed by atoms with Gasteiger partial charge in [-0.1, -0.05) is 78.9 Å². The molecule has 0 radical (unpaired) electrons. The van der Waals surface area contributed by atoms with Gasteiger partial charge in [-0.25, -0.2) is 4.98 Å². The number of hydrogen-bond donors (Lipinski definition) is 0. The fourth-order valence-corrected chi connectivity index (χ4v) is 4.07. The van der Waals surface area contributed by atoms with Crippen LogP contribution in [0.15, 0.2) is 95.6 Å². The van der Waals surface area contributed by atoms with Gasteiger partial charge in [0.05, 0.1) is 11.0 Å². The fraction of sp³-hybridized carbons (Fsp3) is 0.0417. The molecule has 0 amide bonds. The summed E-state index contributed by atoms with van der Waals surface area (Å²) in [6.07, 6.45) is 0.941. The van der Waals surface area contributed by atoms with E-state index in [1.54, 1.807) is 0 Å². The Balaban J connectivity index is 1.60. The Morgan fingerprint density at radius 2 is 1.37 bits per heavy atom. The quantitative estimate of drug-likeness (QED) is 0.330. The Kier molecular flexibility index (Phi) is 4.02. The molecule has 0 saturated carbocycles. The number of fused-ring (bicyclic) bond motifs is 3. The summed E-state index contributed by atoms with van der Waals surface area (Å²) in [5, 5.41) is 1.21. The van der Waals surface area contributed by atoms with Crippen LogP contribution in [-0.2, 0) is 6.42 Å².